The number of aromatic amines is 1. The summed E-state index contributed by atoms with van der Waals surface area (Å²) in [7, 11) is 0. The third-order valence-electron chi connectivity index (χ3n) is 4.58. The molecule has 0 unspecified atom stereocenters. The second-order valence-corrected chi connectivity index (χ2v) is 6.94. The Morgan fingerprint density at radius 2 is 2.04 bits per heavy atom. The predicted octanol–water partition coefficient (Wildman–Crippen LogP) is 2.80. The molecule has 0 radical (unpaired) electrons. The van der Waals surface area contributed by atoms with E-state index in [2.05, 4.69) is 21.0 Å². The molecule has 24 heavy (non-hydrogen) atoms. The summed E-state index contributed by atoms with van der Waals surface area (Å²) in [5.74, 6) is 0.107. The summed E-state index contributed by atoms with van der Waals surface area (Å²) in [4.78, 5) is 29.6. The zero-order valence-electron chi connectivity index (χ0n) is 12.7. The maximum Gasteiger partial charge on any atom is 0.407 e. The second kappa shape index (κ2) is 5.62. The third-order valence-corrected chi connectivity index (χ3v) is 5.07. The first-order valence-corrected chi connectivity index (χ1v) is 8.51. The Morgan fingerprint density at radius 1 is 1.29 bits per heavy atom. The number of nitrogens with zero attached hydrogens (tertiary/aromatic N) is 3. The van der Waals surface area contributed by atoms with Gasteiger partial charge < -0.3 is 10.0 Å². The van der Waals surface area contributed by atoms with E-state index in [1.165, 1.54) is 9.42 Å². The summed E-state index contributed by atoms with van der Waals surface area (Å²) in [5.41, 5.74) is 2.05. The van der Waals surface area contributed by atoms with E-state index < -0.39 is 6.09 Å². The van der Waals surface area contributed by atoms with Gasteiger partial charge in [-0.1, -0.05) is 15.9 Å². The fourth-order valence-corrected chi connectivity index (χ4v) is 3.64. The van der Waals surface area contributed by atoms with E-state index in [0.717, 1.165) is 21.1 Å². The molecule has 1 aromatic carbocycles. The van der Waals surface area contributed by atoms with E-state index in [0.29, 0.717) is 31.6 Å². The van der Waals surface area contributed by atoms with Crippen LogP contribution in [-0.2, 0) is 0 Å². The van der Waals surface area contributed by atoms with Gasteiger partial charge in [0.15, 0.2) is 5.65 Å². The van der Waals surface area contributed by atoms with Crippen LogP contribution in [0.2, 0.25) is 0 Å². The first-order valence-electron chi connectivity index (χ1n) is 7.72. The number of benzene rings is 1. The predicted molar refractivity (Wildman–Crippen MR) is 92.6 cm³/mol. The number of nitrogens with one attached hydrogen (secondary N) is 1. The number of piperidine rings is 1. The van der Waals surface area contributed by atoms with Gasteiger partial charge in [0.05, 0.1) is 11.2 Å². The molecule has 0 bridgehead atoms. The van der Waals surface area contributed by atoms with Crippen LogP contribution in [0.15, 0.2) is 33.5 Å². The molecule has 2 aromatic heterocycles. The fraction of sp³-hybridized carbons (Fsp3) is 0.312. The molecule has 3 heterocycles. The smallest absolute Gasteiger partial charge is 0.407 e. The lowest BCUT2D eigenvalue weighted by atomic mass is 9.93. The molecule has 1 aliphatic heterocycles. The maximum absolute atomic E-state index is 12.4. The van der Waals surface area contributed by atoms with Crippen LogP contribution in [0.5, 0.6) is 0 Å². The lowest BCUT2D eigenvalue weighted by Gasteiger charge is -2.29. The van der Waals surface area contributed by atoms with Crippen molar-refractivity contribution in [3.63, 3.8) is 0 Å². The summed E-state index contributed by atoms with van der Waals surface area (Å²) in [6.07, 6.45) is 0.473. The number of hydrogen-bond acceptors (Lipinski definition) is 3. The number of fused-ring (bicyclic) bond motifs is 3. The molecule has 0 saturated carbocycles. The van der Waals surface area contributed by atoms with Gasteiger partial charge in [0.25, 0.3) is 5.56 Å². The van der Waals surface area contributed by atoms with E-state index >= 15 is 0 Å². The lowest BCUT2D eigenvalue weighted by molar-refractivity contribution is 0.131. The first-order chi connectivity index (χ1) is 11.5. The highest BCUT2D eigenvalue weighted by molar-refractivity contribution is 9.10. The molecule has 1 amide bonds. The molecule has 8 heteroatoms. The van der Waals surface area contributed by atoms with Gasteiger partial charge in [-0.05, 0) is 31.0 Å². The zero-order valence-corrected chi connectivity index (χ0v) is 14.3. The Bertz CT molecular complexity index is 1000. The van der Waals surface area contributed by atoms with Crippen LogP contribution in [0.25, 0.3) is 16.6 Å². The minimum Gasteiger partial charge on any atom is -0.465 e. The van der Waals surface area contributed by atoms with Crippen molar-refractivity contribution in [2.24, 2.45) is 0 Å². The summed E-state index contributed by atoms with van der Waals surface area (Å²) in [6, 6.07) is 7.30. The normalized spacial score (nSPS) is 16.1. The second-order valence-electron chi connectivity index (χ2n) is 6.02. The highest BCUT2D eigenvalue weighted by Crippen LogP contribution is 2.28. The van der Waals surface area contributed by atoms with Gasteiger partial charge in [-0.25, -0.2) is 14.3 Å². The fourth-order valence-electron chi connectivity index (χ4n) is 3.28. The SMILES string of the molecule is O=C(O)N1CCC(c2cc(=O)n3[nH]c4ccc(Br)cc4c3n2)CC1. The number of hydrogen-bond donors (Lipinski definition) is 2. The molecular weight excluding hydrogens is 376 g/mol. The molecule has 1 aliphatic rings. The molecule has 0 atom stereocenters. The number of amides is 1. The van der Waals surface area contributed by atoms with Gasteiger partial charge in [0.2, 0.25) is 0 Å². The molecule has 7 nitrogen and oxygen atoms in total. The molecule has 1 saturated heterocycles. The summed E-state index contributed by atoms with van der Waals surface area (Å²) in [5, 5.41) is 13.0. The molecular formula is C16H15BrN4O3. The number of carboxylic acid groups (broad SMARTS) is 1. The van der Waals surface area contributed by atoms with Crippen molar-refractivity contribution in [1.82, 2.24) is 19.5 Å². The van der Waals surface area contributed by atoms with Crippen LogP contribution in [-0.4, -0.2) is 43.8 Å². The van der Waals surface area contributed by atoms with Crippen molar-refractivity contribution < 1.29 is 9.90 Å². The number of likely N-dealkylation sites (tertiary alicyclic amines) is 1. The maximum atomic E-state index is 12.4. The lowest BCUT2D eigenvalue weighted by Crippen LogP contribution is -2.37. The highest BCUT2D eigenvalue weighted by Gasteiger charge is 2.25. The van der Waals surface area contributed by atoms with Gasteiger partial charge in [-0.3, -0.25) is 9.89 Å². The van der Waals surface area contributed by atoms with E-state index in [1.54, 1.807) is 6.07 Å². The van der Waals surface area contributed by atoms with E-state index in [4.69, 9.17) is 10.1 Å². The van der Waals surface area contributed by atoms with Crippen LogP contribution in [0.1, 0.15) is 24.5 Å². The minimum absolute atomic E-state index is 0.107. The molecule has 0 spiro atoms. The average molecular weight is 391 g/mol. The van der Waals surface area contributed by atoms with Gasteiger partial charge in [0.1, 0.15) is 0 Å². The molecule has 4 rings (SSSR count). The van der Waals surface area contributed by atoms with E-state index in [1.807, 2.05) is 18.2 Å². The molecule has 0 aliphatic carbocycles. The topological polar surface area (TPSA) is 90.7 Å². The number of carbonyl (C=O) groups is 1. The Labute approximate surface area is 145 Å². The van der Waals surface area contributed by atoms with E-state index in [-0.39, 0.29) is 11.5 Å². The monoisotopic (exact) mass is 390 g/mol. The average Bonchev–Trinajstić information content (AvgIpc) is 2.93. The number of rotatable bonds is 1. The molecule has 3 aromatic rings. The Hall–Kier alpha value is -2.35. The Morgan fingerprint density at radius 3 is 2.75 bits per heavy atom. The number of aromatic nitrogens is 3. The van der Waals surface area contributed by atoms with Crippen LogP contribution in [0.3, 0.4) is 0 Å². The van der Waals surface area contributed by atoms with Crippen molar-refractivity contribution in [1.29, 1.82) is 0 Å². The van der Waals surface area contributed by atoms with Crippen molar-refractivity contribution >= 4 is 38.6 Å². The largest absolute Gasteiger partial charge is 0.465 e. The quantitative estimate of drug-likeness (QED) is 0.668. The van der Waals surface area contributed by atoms with Crippen molar-refractivity contribution in [2.75, 3.05) is 13.1 Å². The van der Waals surface area contributed by atoms with Gasteiger partial charge in [0, 0.05) is 34.9 Å². The van der Waals surface area contributed by atoms with Crippen LogP contribution in [0.4, 0.5) is 4.79 Å². The number of H-pyrrole nitrogens is 1. The van der Waals surface area contributed by atoms with Crippen molar-refractivity contribution in [3.05, 3.63) is 44.8 Å². The standard InChI is InChI=1S/C16H15BrN4O3/c17-10-1-2-12-11(7-10)15-18-13(8-14(22)21(15)19-12)9-3-5-20(6-4-9)16(23)24/h1-2,7-9,19H,3-6H2,(H,23,24). The summed E-state index contributed by atoms with van der Waals surface area (Å²) < 4.78 is 2.37. The molecule has 2 N–H and O–H groups in total. The summed E-state index contributed by atoms with van der Waals surface area (Å²) >= 11 is 3.45. The zero-order chi connectivity index (χ0) is 16.8. The van der Waals surface area contributed by atoms with Gasteiger partial charge in [-0.2, -0.15) is 0 Å². The highest BCUT2D eigenvalue weighted by atomic mass is 79.9. The third kappa shape index (κ3) is 2.47. The van der Waals surface area contributed by atoms with Crippen LogP contribution in [0, 0.1) is 0 Å². The Balaban J connectivity index is 1.77. The van der Waals surface area contributed by atoms with Crippen molar-refractivity contribution in [3.8, 4) is 0 Å². The minimum atomic E-state index is -0.890. The van der Waals surface area contributed by atoms with E-state index in [9.17, 15) is 9.59 Å². The van der Waals surface area contributed by atoms with Gasteiger partial charge in [-0.15, -0.1) is 0 Å². The molecule has 1 fully saturated rings. The van der Waals surface area contributed by atoms with Crippen LogP contribution >= 0.6 is 15.9 Å². The summed E-state index contributed by atoms with van der Waals surface area (Å²) in [6.45, 7) is 0.945. The molecule has 124 valence electrons. The van der Waals surface area contributed by atoms with Crippen molar-refractivity contribution in [2.45, 2.75) is 18.8 Å². The Kier molecular flexibility index (Phi) is 3.56. The first kappa shape index (κ1) is 15.2. The number of halogens is 1. The van der Waals surface area contributed by atoms with Crippen LogP contribution < -0.4 is 5.56 Å². The van der Waals surface area contributed by atoms with Gasteiger partial charge >= 0.3 is 6.09 Å².